The minimum absolute atomic E-state index is 0.0880. The van der Waals surface area contributed by atoms with Crippen molar-refractivity contribution in [1.29, 1.82) is 0 Å². The molecule has 0 aliphatic carbocycles. The van der Waals surface area contributed by atoms with Crippen LogP contribution in [-0.2, 0) is 45.2 Å². The van der Waals surface area contributed by atoms with Crippen LogP contribution in [0.5, 0.6) is 0 Å². The van der Waals surface area contributed by atoms with Crippen molar-refractivity contribution in [3.05, 3.63) is 60.2 Å². The lowest BCUT2D eigenvalue weighted by Crippen LogP contribution is -2.56. The third kappa shape index (κ3) is 12.1. The van der Waals surface area contributed by atoms with E-state index < -0.39 is 57.0 Å². The van der Waals surface area contributed by atoms with Crippen LogP contribution in [0.15, 0.2) is 59.5 Å². The summed E-state index contributed by atoms with van der Waals surface area (Å²) >= 11 is 0. The summed E-state index contributed by atoms with van der Waals surface area (Å²) in [4.78, 5) is 39.4. The average Bonchev–Trinajstić information content (AvgIpc) is 2.80. The molecule has 2 aromatic rings. The summed E-state index contributed by atoms with van der Waals surface area (Å²) in [6, 6.07) is 12.6. The number of hydrogen-bond acceptors (Lipinski definition) is 9. The van der Waals surface area contributed by atoms with E-state index in [2.05, 4.69) is 10.0 Å². The van der Waals surface area contributed by atoms with Gasteiger partial charge in [0.1, 0.15) is 16.8 Å². The van der Waals surface area contributed by atoms with E-state index in [9.17, 15) is 22.8 Å². The summed E-state index contributed by atoms with van der Waals surface area (Å²) in [7, 11) is -3.85. The summed E-state index contributed by atoms with van der Waals surface area (Å²) in [5.74, 6) is -1.86. The molecular formula is C30H42N2O9S. The molecule has 1 amide bonds. The molecule has 12 heteroatoms. The fraction of sp³-hybridized carbons (Fsp3) is 0.500. The Balaban J connectivity index is 2.38. The summed E-state index contributed by atoms with van der Waals surface area (Å²) in [6.45, 7) is 14.6. The molecule has 2 atom stereocenters. The van der Waals surface area contributed by atoms with E-state index in [0.717, 1.165) is 0 Å². The molecule has 0 aromatic heterocycles. The lowest BCUT2D eigenvalue weighted by atomic mass is 10.1. The number of alkyl carbamates (subject to hydrolysis) is 1. The highest BCUT2D eigenvalue weighted by Gasteiger charge is 2.42. The van der Waals surface area contributed by atoms with Crippen LogP contribution < -0.4 is 10.0 Å². The Morgan fingerprint density at radius 2 is 1.29 bits per heavy atom. The zero-order valence-electron chi connectivity index (χ0n) is 25.6. The Bertz CT molecular complexity index is 1340. The van der Waals surface area contributed by atoms with Crippen LogP contribution in [0.25, 0.3) is 0 Å². The number of esters is 2. The smallest absolute Gasteiger partial charge is 0.408 e. The fourth-order valence-corrected chi connectivity index (χ4v) is 4.51. The molecule has 2 N–H and O–H groups in total. The second kappa shape index (κ2) is 13.6. The monoisotopic (exact) mass is 606 g/mol. The molecule has 0 aliphatic heterocycles. The van der Waals surface area contributed by atoms with E-state index in [1.807, 2.05) is 0 Å². The van der Waals surface area contributed by atoms with E-state index in [1.54, 1.807) is 98.7 Å². The number of nitrogens with one attached hydrogen (secondary N) is 2. The first kappa shape index (κ1) is 34.6. The van der Waals surface area contributed by atoms with Crippen molar-refractivity contribution >= 4 is 33.7 Å². The number of rotatable bonds is 10. The van der Waals surface area contributed by atoms with Gasteiger partial charge in [-0.1, -0.05) is 30.3 Å². The third-order valence-corrected chi connectivity index (χ3v) is 6.33. The number of hydrogen-bond donors (Lipinski definition) is 2. The van der Waals surface area contributed by atoms with E-state index >= 15 is 0 Å². The van der Waals surface area contributed by atoms with Gasteiger partial charge < -0.3 is 24.3 Å². The van der Waals surface area contributed by atoms with Gasteiger partial charge in [-0.3, -0.25) is 4.72 Å². The number of ether oxygens (including phenoxy) is 4. The Hall–Kier alpha value is -3.64. The van der Waals surface area contributed by atoms with E-state index in [0.29, 0.717) is 5.56 Å². The van der Waals surface area contributed by atoms with Gasteiger partial charge in [-0.2, -0.15) is 0 Å². The van der Waals surface area contributed by atoms with Gasteiger partial charge in [-0.25, -0.2) is 22.8 Å². The average molecular weight is 607 g/mol. The summed E-state index contributed by atoms with van der Waals surface area (Å²) in [5, 5.41) is 2.41. The molecule has 0 radical (unpaired) electrons. The number of benzene rings is 2. The minimum Gasteiger partial charge on any atom is -0.458 e. The summed E-state index contributed by atoms with van der Waals surface area (Å²) in [6.07, 6.45) is -2.61. The number of sulfonamides is 1. The minimum atomic E-state index is -3.85. The van der Waals surface area contributed by atoms with Gasteiger partial charge in [0.15, 0.2) is 12.1 Å². The molecule has 0 bridgehead atoms. The molecule has 0 aliphatic rings. The van der Waals surface area contributed by atoms with E-state index in [-0.39, 0.29) is 17.2 Å². The Kier molecular flexibility index (Phi) is 11.2. The number of carbonyl (C=O) groups excluding carboxylic acids is 3. The van der Waals surface area contributed by atoms with Crippen LogP contribution in [0.1, 0.15) is 67.9 Å². The third-order valence-electron chi connectivity index (χ3n) is 4.94. The first-order valence-corrected chi connectivity index (χ1v) is 14.9. The van der Waals surface area contributed by atoms with Crippen molar-refractivity contribution in [1.82, 2.24) is 5.32 Å². The second-order valence-electron chi connectivity index (χ2n) is 12.5. The predicted octanol–water partition coefficient (Wildman–Crippen LogP) is 4.95. The molecule has 0 saturated heterocycles. The highest BCUT2D eigenvalue weighted by atomic mass is 32.2. The van der Waals surface area contributed by atoms with Crippen molar-refractivity contribution in [3.63, 3.8) is 0 Å². The van der Waals surface area contributed by atoms with E-state index in [1.165, 1.54) is 18.2 Å². The summed E-state index contributed by atoms with van der Waals surface area (Å²) < 4.78 is 50.3. The molecule has 0 saturated carbocycles. The topological polar surface area (TPSA) is 146 Å². The maximum atomic E-state index is 13.3. The van der Waals surface area contributed by atoms with Gasteiger partial charge in [0.05, 0.1) is 11.5 Å². The van der Waals surface area contributed by atoms with Crippen molar-refractivity contribution < 1.29 is 41.7 Å². The lowest BCUT2D eigenvalue weighted by molar-refractivity contribution is -0.180. The first-order chi connectivity index (χ1) is 19.2. The molecule has 2 rings (SSSR count). The van der Waals surface area contributed by atoms with Crippen LogP contribution in [-0.4, -0.2) is 55.4 Å². The molecule has 0 fully saturated rings. The van der Waals surface area contributed by atoms with Crippen molar-refractivity contribution in [2.24, 2.45) is 0 Å². The highest BCUT2D eigenvalue weighted by Crippen LogP contribution is 2.21. The zero-order valence-corrected chi connectivity index (χ0v) is 26.5. The predicted molar refractivity (Wildman–Crippen MR) is 157 cm³/mol. The van der Waals surface area contributed by atoms with Crippen LogP contribution in [0.2, 0.25) is 0 Å². The van der Waals surface area contributed by atoms with Crippen molar-refractivity contribution in [2.75, 3.05) is 4.72 Å². The largest absolute Gasteiger partial charge is 0.458 e. The van der Waals surface area contributed by atoms with Gasteiger partial charge in [0, 0.05) is 5.69 Å². The van der Waals surface area contributed by atoms with E-state index in [4.69, 9.17) is 18.9 Å². The van der Waals surface area contributed by atoms with Gasteiger partial charge in [-0.05, 0) is 92.1 Å². The quantitative estimate of drug-likeness (QED) is 0.283. The Morgan fingerprint density at radius 1 is 0.738 bits per heavy atom. The van der Waals surface area contributed by atoms with Crippen molar-refractivity contribution in [2.45, 2.75) is 103 Å². The summed E-state index contributed by atoms with van der Waals surface area (Å²) in [5.41, 5.74) is -2.06. The molecule has 232 valence electrons. The Morgan fingerprint density at radius 3 is 1.83 bits per heavy atom. The molecule has 42 heavy (non-hydrogen) atoms. The first-order valence-electron chi connectivity index (χ1n) is 13.4. The molecular weight excluding hydrogens is 564 g/mol. The normalized spacial score (nSPS) is 13.8. The molecule has 0 heterocycles. The van der Waals surface area contributed by atoms with Gasteiger partial charge in [0.2, 0.25) is 0 Å². The molecule has 11 nitrogen and oxygen atoms in total. The molecule has 2 aromatic carbocycles. The SMILES string of the molecule is CC(C)(C)OC(=O)N[C@H](C(=O)OC(C)(C)C)[C@H](OCc1cccc(NS(=O)(=O)c2ccccc2)c1)C(=O)OC(C)(C)C. The van der Waals surface area contributed by atoms with Crippen molar-refractivity contribution in [3.8, 4) is 0 Å². The van der Waals surface area contributed by atoms with Crippen LogP contribution >= 0.6 is 0 Å². The van der Waals surface area contributed by atoms with Gasteiger partial charge >= 0.3 is 18.0 Å². The zero-order chi connectivity index (χ0) is 31.9. The van der Waals surface area contributed by atoms with Crippen LogP contribution in [0.3, 0.4) is 0 Å². The van der Waals surface area contributed by atoms with Gasteiger partial charge in [-0.15, -0.1) is 0 Å². The van der Waals surface area contributed by atoms with Crippen LogP contribution in [0, 0.1) is 0 Å². The number of amides is 1. The fourth-order valence-electron chi connectivity index (χ4n) is 3.44. The Labute approximate surface area is 248 Å². The maximum Gasteiger partial charge on any atom is 0.408 e. The molecule has 0 unspecified atom stereocenters. The van der Waals surface area contributed by atoms with Gasteiger partial charge in [0.25, 0.3) is 10.0 Å². The second-order valence-corrected chi connectivity index (χ2v) is 14.2. The number of carbonyl (C=O) groups is 3. The number of anilines is 1. The standard InChI is InChI=1S/C30H42N2O9S/c1-28(2,3)39-25(33)23(31-27(35)41-30(7,8)9)24(26(34)40-29(4,5)6)38-19-20-14-13-15-21(18-20)32-42(36,37)22-16-11-10-12-17-22/h10-18,23-24,32H,19H2,1-9H3,(H,31,35)/t23-,24-/m0/s1. The van der Waals surface area contributed by atoms with Crippen LogP contribution in [0.4, 0.5) is 10.5 Å². The molecule has 0 spiro atoms. The highest BCUT2D eigenvalue weighted by molar-refractivity contribution is 7.92. The lowest BCUT2D eigenvalue weighted by Gasteiger charge is -2.31. The maximum absolute atomic E-state index is 13.3.